The summed E-state index contributed by atoms with van der Waals surface area (Å²) in [6, 6.07) is 16.6. The maximum atomic E-state index is 12.8. The van der Waals surface area contributed by atoms with E-state index < -0.39 is 0 Å². The monoisotopic (exact) mass is 497 g/mol. The van der Waals surface area contributed by atoms with E-state index in [9.17, 15) is 4.79 Å². The number of carbonyl (C=O) groups is 1. The number of nitrogens with zero attached hydrogens (tertiary/aromatic N) is 4. The molecular formula is C24H21Cl2N5O3. The van der Waals surface area contributed by atoms with E-state index in [4.69, 9.17) is 32.4 Å². The standard InChI is InChI=1S/C24H21Cl2N5O3/c25-17-2-5-19(6-3-17)33-14-22-29-30-24(34-22)31-11-9-15(10-12-31)23(32)28-21-8-1-16-13-18(26)4-7-20(16)27-21/h1-8,13,15H,9-12,14H2,(H,27,28,32). The summed E-state index contributed by atoms with van der Waals surface area (Å²) in [6.45, 7) is 1.45. The van der Waals surface area contributed by atoms with E-state index >= 15 is 0 Å². The number of nitrogens with one attached hydrogen (secondary N) is 1. The minimum Gasteiger partial charge on any atom is -0.484 e. The van der Waals surface area contributed by atoms with E-state index in [-0.39, 0.29) is 18.4 Å². The van der Waals surface area contributed by atoms with Crippen LogP contribution in [0.15, 0.2) is 59.0 Å². The molecule has 0 atom stereocenters. The molecule has 0 aliphatic carbocycles. The first-order valence-electron chi connectivity index (χ1n) is 10.9. The number of anilines is 2. The van der Waals surface area contributed by atoms with Crippen molar-refractivity contribution in [2.24, 2.45) is 5.92 Å². The predicted octanol–water partition coefficient (Wildman–Crippen LogP) is 5.36. The molecule has 10 heteroatoms. The number of piperidine rings is 1. The van der Waals surface area contributed by atoms with Crippen LogP contribution in [0, 0.1) is 5.92 Å². The number of fused-ring (bicyclic) bond motifs is 1. The quantitative estimate of drug-likeness (QED) is 0.383. The second kappa shape index (κ2) is 9.87. The van der Waals surface area contributed by atoms with Gasteiger partial charge in [-0.15, -0.1) is 5.10 Å². The Morgan fingerprint density at radius 1 is 1.03 bits per heavy atom. The summed E-state index contributed by atoms with van der Waals surface area (Å²) in [5.41, 5.74) is 0.782. The Balaban J connectivity index is 1.13. The fraction of sp³-hybridized carbons (Fsp3) is 0.250. The summed E-state index contributed by atoms with van der Waals surface area (Å²) in [5, 5.41) is 13.3. The average molecular weight is 498 g/mol. The van der Waals surface area contributed by atoms with Gasteiger partial charge in [-0.1, -0.05) is 28.3 Å². The van der Waals surface area contributed by atoms with Crippen LogP contribution in [0.4, 0.5) is 11.8 Å². The lowest BCUT2D eigenvalue weighted by atomic mass is 9.96. The van der Waals surface area contributed by atoms with Gasteiger partial charge >= 0.3 is 6.01 Å². The van der Waals surface area contributed by atoms with Crippen LogP contribution in [0.25, 0.3) is 10.9 Å². The lowest BCUT2D eigenvalue weighted by Crippen LogP contribution is -2.38. The highest BCUT2D eigenvalue weighted by molar-refractivity contribution is 6.31. The summed E-state index contributed by atoms with van der Waals surface area (Å²) in [6.07, 6.45) is 1.35. The van der Waals surface area contributed by atoms with Crippen LogP contribution in [-0.4, -0.2) is 34.2 Å². The first-order chi connectivity index (χ1) is 16.5. The van der Waals surface area contributed by atoms with Gasteiger partial charge < -0.3 is 19.4 Å². The van der Waals surface area contributed by atoms with E-state index in [2.05, 4.69) is 20.5 Å². The fourth-order valence-corrected chi connectivity index (χ4v) is 4.14. The molecule has 1 saturated heterocycles. The van der Waals surface area contributed by atoms with Crippen LogP contribution < -0.4 is 15.0 Å². The largest absolute Gasteiger partial charge is 0.484 e. The highest BCUT2D eigenvalue weighted by Crippen LogP contribution is 2.25. The third-order valence-corrected chi connectivity index (χ3v) is 6.16. The van der Waals surface area contributed by atoms with Crippen LogP contribution in [0.3, 0.4) is 0 Å². The van der Waals surface area contributed by atoms with E-state index in [0.717, 1.165) is 10.9 Å². The highest BCUT2D eigenvalue weighted by atomic mass is 35.5. The van der Waals surface area contributed by atoms with Crippen molar-refractivity contribution in [1.29, 1.82) is 0 Å². The number of rotatable bonds is 6. The third kappa shape index (κ3) is 5.24. The molecule has 8 nitrogen and oxygen atoms in total. The van der Waals surface area contributed by atoms with E-state index in [0.29, 0.717) is 59.4 Å². The molecule has 1 fully saturated rings. The average Bonchev–Trinajstić information content (AvgIpc) is 3.33. The zero-order chi connectivity index (χ0) is 23.5. The Morgan fingerprint density at radius 3 is 2.59 bits per heavy atom. The van der Waals surface area contributed by atoms with E-state index in [1.54, 1.807) is 36.4 Å². The number of ether oxygens (including phenoxy) is 1. The van der Waals surface area contributed by atoms with Crippen molar-refractivity contribution in [3.05, 3.63) is 70.5 Å². The fourth-order valence-electron chi connectivity index (χ4n) is 3.83. The van der Waals surface area contributed by atoms with Crippen LogP contribution in [0.5, 0.6) is 5.75 Å². The molecular weight excluding hydrogens is 477 g/mol. The molecule has 5 rings (SSSR count). The van der Waals surface area contributed by atoms with Gasteiger partial charge in [0, 0.05) is 34.4 Å². The molecule has 0 unspecified atom stereocenters. The summed E-state index contributed by atoms with van der Waals surface area (Å²) < 4.78 is 11.4. The zero-order valence-corrected chi connectivity index (χ0v) is 19.6. The summed E-state index contributed by atoms with van der Waals surface area (Å²) in [7, 11) is 0. The normalized spacial score (nSPS) is 14.4. The van der Waals surface area contributed by atoms with Gasteiger partial charge in [-0.05, 0) is 67.4 Å². The molecule has 174 valence electrons. The Hall–Kier alpha value is -3.36. The molecule has 1 amide bonds. The van der Waals surface area contributed by atoms with Gasteiger partial charge in [-0.25, -0.2) is 4.98 Å². The molecule has 34 heavy (non-hydrogen) atoms. The molecule has 2 aromatic carbocycles. The Morgan fingerprint density at radius 2 is 1.79 bits per heavy atom. The Bertz CT molecular complexity index is 1300. The maximum absolute atomic E-state index is 12.8. The SMILES string of the molecule is O=C(Nc1ccc2cc(Cl)ccc2n1)C1CCN(c2nnc(COc3ccc(Cl)cc3)o2)CC1. The lowest BCUT2D eigenvalue weighted by molar-refractivity contribution is -0.120. The van der Waals surface area contributed by atoms with Gasteiger partial charge in [0.05, 0.1) is 5.52 Å². The molecule has 0 bridgehead atoms. The minimum atomic E-state index is -0.116. The zero-order valence-electron chi connectivity index (χ0n) is 18.1. The van der Waals surface area contributed by atoms with Crippen molar-refractivity contribution in [2.75, 3.05) is 23.3 Å². The molecule has 4 aromatic rings. The number of benzene rings is 2. The maximum Gasteiger partial charge on any atom is 0.318 e. The first kappa shape index (κ1) is 22.4. The van der Waals surface area contributed by atoms with Gasteiger partial charge in [0.2, 0.25) is 5.91 Å². The van der Waals surface area contributed by atoms with Crippen LogP contribution >= 0.6 is 23.2 Å². The molecule has 0 saturated carbocycles. The first-order valence-corrected chi connectivity index (χ1v) is 11.6. The van der Waals surface area contributed by atoms with Crippen LogP contribution in [0.2, 0.25) is 10.0 Å². The Labute approximate surface area is 205 Å². The second-order valence-corrected chi connectivity index (χ2v) is 8.88. The van der Waals surface area contributed by atoms with Crippen molar-refractivity contribution >= 4 is 51.8 Å². The van der Waals surface area contributed by atoms with Crippen LogP contribution in [0.1, 0.15) is 18.7 Å². The second-order valence-electron chi connectivity index (χ2n) is 8.01. The number of carbonyl (C=O) groups excluding carboxylic acids is 1. The van der Waals surface area contributed by atoms with E-state index in [1.807, 2.05) is 23.1 Å². The van der Waals surface area contributed by atoms with Crippen molar-refractivity contribution in [3.8, 4) is 5.75 Å². The molecule has 2 aromatic heterocycles. The van der Waals surface area contributed by atoms with Gasteiger partial charge in [0.15, 0.2) is 6.61 Å². The van der Waals surface area contributed by atoms with Gasteiger partial charge in [0.25, 0.3) is 5.89 Å². The minimum absolute atomic E-state index is 0.0388. The smallest absolute Gasteiger partial charge is 0.318 e. The number of amides is 1. The highest BCUT2D eigenvalue weighted by Gasteiger charge is 2.27. The predicted molar refractivity (Wildman–Crippen MR) is 130 cm³/mol. The molecule has 0 radical (unpaired) electrons. The molecule has 1 N–H and O–H groups in total. The summed E-state index contributed by atoms with van der Waals surface area (Å²) >= 11 is 11.9. The molecule has 1 aliphatic rings. The number of halogens is 2. The third-order valence-electron chi connectivity index (χ3n) is 5.67. The topological polar surface area (TPSA) is 93.4 Å². The number of hydrogen-bond donors (Lipinski definition) is 1. The van der Waals surface area contributed by atoms with Crippen LogP contribution in [-0.2, 0) is 11.4 Å². The van der Waals surface area contributed by atoms with E-state index in [1.165, 1.54) is 0 Å². The lowest BCUT2D eigenvalue weighted by Gasteiger charge is -2.29. The Kier molecular flexibility index (Phi) is 6.51. The van der Waals surface area contributed by atoms with Crippen molar-refractivity contribution < 1.29 is 13.9 Å². The molecule has 1 aliphatic heterocycles. The van der Waals surface area contributed by atoms with Crippen molar-refractivity contribution in [3.63, 3.8) is 0 Å². The molecule has 0 spiro atoms. The number of pyridine rings is 1. The number of hydrogen-bond acceptors (Lipinski definition) is 7. The molecule has 3 heterocycles. The van der Waals surface area contributed by atoms with Gasteiger partial charge in [-0.3, -0.25) is 4.79 Å². The summed E-state index contributed by atoms with van der Waals surface area (Å²) in [5.74, 6) is 1.43. The summed E-state index contributed by atoms with van der Waals surface area (Å²) in [4.78, 5) is 19.3. The van der Waals surface area contributed by atoms with Gasteiger partial charge in [-0.2, -0.15) is 0 Å². The number of aromatic nitrogens is 3. The van der Waals surface area contributed by atoms with Crippen molar-refractivity contribution in [2.45, 2.75) is 19.4 Å². The van der Waals surface area contributed by atoms with Gasteiger partial charge in [0.1, 0.15) is 11.6 Å². The van der Waals surface area contributed by atoms with Crippen molar-refractivity contribution in [1.82, 2.24) is 15.2 Å².